The smallest absolute Gasteiger partial charge is 0.341 e. The second-order valence-corrected chi connectivity index (χ2v) is 9.59. The van der Waals surface area contributed by atoms with Crippen LogP contribution in [0.15, 0.2) is 71.1 Å². The van der Waals surface area contributed by atoms with Gasteiger partial charge in [-0.25, -0.2) is 15.2 Å². The highest BCUT2D eigenvalue weighted by Crippen LogP contribution is 2.36. The number of hydrazone groups is 1. The molecule has 12 heteroatoms. The van der Waals surface area contributed by atoms with Crippen molar-refractivity contribution in [3.8, 4) is 22.8 Å². The van der Waals surface area contributed by atoms with Crippen molar-refractivity contribution in [2.75, 3.05) is 18.5 Å². The summed E-state index contributed by atoms with van der Waals surface area (Å²) in [5.41, 5.74) is 5.93. The molecule has 0 aliphatic rings. The van der Waals surface area contributed by atoms with Gasteiger partial charge in [-0.1, -0.05) is 35.3 Å². The zero-order valence-electron chi connectivity index (χ0n) is 20.5. The number of hydrogen-bond acceptors (Lipinski definition) is 8. The van der Waals surface area contributed by atoms with Crippen molar-refractivity contribution in [3.05, 3.63) is 87.2 Å². The second-order valence-electron chi connectivity index (χ2n) is 7.89. The molecule has 0 unspecified atom stereocenters. The van der Waals surface area contributed by atoms with Crippen molar-refractivity contribution in [2.45, 2.75) is 6.92 Å². The maximum absolute atomic E-state index is 12.6. The number of carboxylic acids is 1. The van der Waals surface area contributed by atoms with Crippen LogP contribution in [-0.4, -0.2) is 41.4 Å². The molecule has 0 fully saturated rings. The first-order chi connectivity index (χ1) is 18.8. The van der Waals surface area contributed by atoms with Gasteiger partial charge in [0.05, 0.1) is 23.5 Å². The highest BCUT2D eigenvalue weighted by Gasteiger charge is 2.14. The number of benzene rings is 3. The molecule has 0 spiro atoms. The van der Waals surface area contributed by atoms with Gasteiger partial charge in [-0.15, -0.1) is 11.3 Å². The van der Waals surface area contributed by atoms with Crippen molar-refractivity contribution in [1.29, 1.82) is 0 Å². The standard InChI is InChI=1S/C27H22Cl2N4O5S/c1-2-37-23-12-16(11-21(29)25(23)38-14-24(34)35)13-30-33-26(36)18-5-3-17(4-6-18)22-15-39-27(32-22)31-20-9-7-19(28)8-10-20/h3-13,15H,2,14H2,1H3,(H,31,32)(H,33,36)(H,34,35)/b30-13-. The number of carbonyl (C=O) groups excluding carboxylic acids is 1. The number of nitrogens with one attached hydrogen (secondary N) is 2. The molecule has 0 atom stereocenters. The Morgan fingerprint density at radius 2 is 1.82 bits per heavy atom. The molecule has 0 radical (unpaired) electrons. The van der Waals surface area contributed by atoms with Gasteiger partial charge in [0.25, 0.3) is 5.91 Å². The van der Waals surface area contributed by atoms with E-state index < -0.39 is 18.5 Å². The zero-order chi connectivity index (χ0) is 27.8. The van der Waals surface area contributed by atoms with Gasteiger partial charge in [-0.2, -0.15) is 5.10 Å². The van der Waals surface area contributed by atoms with Crippen molar-refractivity contribution in [3.63, 3.8) is 0 Å². The number of halogens is 2. The van der Waals surface area contributed by atoms with Crippen LogP contribution in [0.3, 0.4) is 0 Å². The van der Waals surface area contributed by atoms with E-state index in [9.17, 15) is 9.59 Å². The lowest BCUT2D eigenvalue weighted by Gasteiger charge is -2.13. The highest BCUT2D eigenvalue weighted by molar-refractivity contribution is 7.14. The summed E-state index contributed by atoms with van der Waals surface area (Å²) < 4.78 is 10.7. The number of rotatable bonds is 11. The van der Waals surface area contributed by atoms with Crippen LogP contribution in [0.4, 0.5) is 10.8 Å². The molecule has 0 aliphatic heterocycles. The molecular weight excluding hydrogens is 563 g/mol. The average Bonchev–Trinajstić information content (AvgIpc) is 3.38. The number of hydrogen-bond donors (Lipinski definition) is 3. The Kier molecular flexibility index (Phi) is 9.37. The number of nitrogens with zero attached hydrogens (tertiary/aromatic N) is 2. The monoisotopic (exact) mass is 584 g/mol. The quantitative estimate of drug-likeness (QED) is 0.136. The van der Waals surface area contributed by atoms with E-state index in [0.29, 0.717) is 22.8 Å². The minimum atomic E-state index is -1.14. The van der Waals surface area contributed by atoms with Crippen molar-refractivity contribution in [1.82, 2.24) is 10.4 Å². The molecule has 3 aromatic carbocycles. The molecule has 9 nitrogen and oxygen atoms in total. The summed E-state index contributed by atoms with van der Waals surface area (Å²) in [6.45, 7) is 1.52. The lowest BCUT2D eigenvalue weighted by atomic mass is 10.1. The molecule has 4 aromatic rings. The third-order valence-electron chi connectivity index (χ3n) is 5.09. The molecule has 4 rings (SSSR count). The number of thiazole rings is 1. The number of anilines is 2. The summed E-state index contributed by atoms with van der Waals surface area (Å²) in [7, 11) is 0. The van der Waals surface area contributed by atoms with Crippen LogP contribution >= 0.6 is 34.5 Å². The topological polar surface area (TPSA) is 122 Å². The van der Waals surface area contributed by atoms with Crippen LogP contribution in [-0.2, 0) is 4.79 Å². The normalized spacial score (nSPS) is 10.8. The van der Waals surface area contributed by atoms with E-state index in [4.69, 9.17) is 37.8 Å². The number of aromatic nitrogens is 1. The summed E-state index contributed by atoms with van der Waals surface area (Å²) >= 11 is 13.6. The van der Waals surface area contributed by atoms with Gasteiger partial charge in [0.15, 0.2) is 23.2 Å². The van der Waals surface area contributed by atoms with Crippen LogP contribution < -0.4 is 20.2 Å². The molecular formula is C27H22Cl2N4O5S. The predicted octanol–water partition coefficient (Wildman–Crippen LogP) is 6.49. The number of aliphatic carboxylic acids is 1. The van der Waals surface area contributed by atoms with Gasteiger partial charge in [0.2, 0.25) is 0 Å². The van der Waals surface area contributed by atoms with Crippen LogP contribution in [0, 0.1) is 0 Å². The van der Waals surface area contributed by atoms with Gasteiger partial charge in [0.1, 0.15) is 0 Å². The van der Waals surface area contributed by atoms with Crippen LogP contribution in [0.1, 0.15) is 22.8 Å². The Labute approximate surface area is 238 Å². The van der Waals surface area contributed by atoms with Gasteiger partial charge in [0, 0.05) is 27.2 Å². The molecule has 39 heavy (non-hydrogen) atoms. The zero-order valence-corrected chi connectivity index (χ0v) is 22.8. The number of amides is 1. The number of carbonyl (C=O) groups is 2. The summed E-state index contributed by atoms with van der Waals surface area (Å²) in [6, 6.07) is 17.4. The minimum absolute atomic E-state index is 0.121. The fourth-order valence-electron chi connectivity index (χ4n) is 3.34. The lowest BCUT2D eigenvalue weighted by molar-refractivity contribution is -0.139. The van der Waals surface area contributed by atoms with Crippen LogP contribution in [0.5, 0.6) is 11.5 Å². The molecule has 0 saturated heterocycles. The van der Waals surface area contributed by atoms with Crippen molar-refractivity contribution >= 4 is 63.4 Å². The molecule has 0 saturated carbocycles. The highest BCUT2D eigenvalue weighted by atomic mass is 35.5. The van der Waals surface area contributed by atoms with Crippen molar-refractivity contribution < 1.29 is 24.2 Å². The Balaban J connectivity index is 1.38. The Morgan fingerprint density at radius 3 is 2.51 bits per heavy atom. The number of ether oxygens (including phenoxy) is 2. The Bertz CT molecular complexity index is 1490. The van der Waals surface area contributed by atoms with Crippen molar-refractivity contribution in [2.24, 2.45) is 5.10 Å². The minimum Gasteiger partial charge on any atom is -0.490 e. The summed E-state index contributed by atoms with van der Waals surface area (Å²) in [6.07, 6.45) is 1.39. The van der Waals surface area contributed by atoms with E-state index in [-0.39, 0.29) is 16.5 Å². The third-order valence-corrected chi connectivity index (χ3v) is 6.38. The second kappa shape index (κ2) is 13.1. The first-order valence-corrected chi connectivity index (χ1v) is 13.2. The molecule has 1 aromatic heterocycles. The maximum Gasteiger partial charge on any atom is 0.341 e. The molecule has 3 N–H and O–H groups in total. The fraction of sp³-hybridized carbons (Fsp3) is 0.111. The average molecular weight is 585 g/mol. The van der Waals surface area contributed by atoms with E-state index in [2.05, 4.69) is 20.8 Å². The summed E-state index contributed by atoms with van der Waals surface area (Å²) in [5.74, 6) is -1.16. The van der Waals surface area contributed by atoms with E-state index in [1.54, 1.807) is 37.3 Å². The molecule has 0 aliphatic carbocycles. The van der Waals surface area contributed by atoms with Gasteiger partial charge in [-0.05, 0) is 61.0 Å². The fourth-order valence-corrected chi connectivity index (χ4v) is 4.48. The van der Waals surface area contributed by atoms with E-state index >= 15 is 0 Å². The Hall–Kier alpha value is -4.12. The van der Waals surface area contributed by atoms with Crippen LogP contribution in [0.2, 0.25) is 10.0 Å². The third kappa shape index (κ3) is 7.70. The van der Waals surface area contributed by atoms with Gasteiger partial charge in [-0.3, -0.25) is 4.79 Å². The predicted molar refractivity (Wildman–Crippen MR) is 153 cm³/mol. The van der Waals surface area contributed by atoms with E-state index in [0.717, 1.165) is 22.1 Å². The summed E-state index contributed by atoms with van der Waals surface area (Å²) in [5, 5.41) is 19.6. The number of carboxylic acid groups (broad SMARTS) is 1. The van der Waals surface area contributed by atoms with E-state index in [1.165, 1.54) is 23.6 Å². The Morgan fingerprint density at radius 1 is 1.08 bits per heavy atom. The first-order valence-electron chi connectivity index (χ1n) is 11.5. The molecule has 0 bridgehead atoms. The van der Waals surface area contributed by atoms with Crippen LogP contribution in [0.25, 0.3) is 11.3 Å². The van der Waals surface area contributed by atoms with Gasteiger partial charge < -0.3 is 19.9 Å². The SMILES string of the molecule is CCOc1cc(/C=N\NC(=O)c2ccc(-c3csc(Nc4ccc(Cl)cc4)n3)cc2)cc(Cl)c1OCC(=O)O. The summed E-state index contributed by atoms with van der Waals surface area (Å²) in [4.78, 5) is 28.0. The largest absolute Gasteiger partial charge is 0.490 e. The maximum atomic E-state index is 12.6. The molecule has 1 heterocycles. The molecule has 1 amide bonds. The van der Waals surface area contributed by atoms with E-state index in [1.807, 2.05) is 29.6 Å². The lowest BCUT2D eigenvalue weighted by Crippen LogP contribution is -2.17. The van der Waals surface area contributed by atoms with Gasteiger partial charge >= 0.3 is 5.97 Å². The first kappa shape index (κ1) is 27.9. The molecule has 200 valence electrons.